The number of carbonyl (C=O) groups excluding carboxylic acids is 1. The van der Waals surface area contributed by atoms with Crippen molar-refractivity contribution < 1.29 is 23.0 Å². The normalized spacial score (nSPS) is 13.8. The van der Waals surface area contributed by atoms with E-state index in [2.05, 4.69) is 0 Å². The number of carbonyl (C=O) groups is 1. The maximum atomic E-state index is 15.2. The van der Waals surface area contributed by atoms with Gasteiger partial charge < -0.3 is 18.9 Å². The molecule has 6 nitrogen and oxygen atoms in total. The Morgan fingerprint density at radius 2 is 1.75 bits per heavy atom. The zero-order valence-corrected chi connectivity index (χ0v) is 20.7. The van der Waals surface area contributed by atoms with E-state index < -0.39 is 29.7 Å². The van der Waals surface area contributed by atoms with E-state index in [1.54, 1.807) is 26.8 Å². The van der Waals surface area contributed by atoms with Crippen LogP contribution in [0.15, 0.2) is 71.7 Å². The highest BCUT2D eigenvalue weighted by atomic mass is 19.3. The molecule has 4 rings (SSSR count). The first-order valence-corrected chi connectivity index (χ1v) is 11.9. The molecule has 190 valence electrons. The Hall–Kier alpha value is -3.68. The quantitative estimate of drug-likeness (QED) is 0.451. The van der Waals surface area contributed by atoms with Crippen molar-refractivity contribution in [3.8, 4) is 5.75 Å². The number of hydrogen-bond acceptors (Lipinski definition) is 4. The number of amides is 1. The average molecular weight is 497 g/mol. The first-order valence-electron chi connectivity index (χ1n) is 11.9. The molecule has 0 spiro atoms. The molecule has 1 aliphatic heterocycles. The van der Waals surface area contributed by atoms with E-state index in [1.165, 1.54) is 35.4 Å². The third kappa shape index (κ3) is 6.30. The second-order valence-corrected chi connectivity index (χ2v) is 9.94. The molecule has 3 aromatic rings. The second kappa shape index (κ2) is 10.1. The third-order valence-electron chi connectivity index (χ3n) is 5.88. The Labute approximate surface area is 209 Å². The summed E-state index contributed by atoms with van der Waals surface area (Å²) in [6.45, 7) is 5.48. The molecule has 0 saturated carbocycles. The number of ether oxygens (including phenoxy) is 2. The zero-order chi connectivity index (χ0) is 25.9. The van der Waals surface area contributed by atoms with Gasteiger partial charge in [0.15, 0.2) is 0 Å². The van der Waals surface area contributed by atoms with Crippen LogP contribution in [-0.2, 0) is 36.8 Å². The molecule has 0 unspecified atom stereocenters. The molecule has 0 saturated heterocycles. The molecule has 1 aliphatic rings. The van der Waals surface area contributed by atoms with Crippen molar-refractivity contribution >= 4 is 6.09 Å². The molecule has 1 aromatic heterocycles. The van der Waals surface area contributed by atoms with E-state index in [9.17, 15) is 9.59 Å². The smallest absolute Gasteiger partial charge is 0.410 e. The van der Waals surface area contributed by atoms with Crippen molar-refractivity contribution in [3.63, 3.8) is 0 Å². The Morgan fingerprint density at radius 1 is 1.00 bits per heavy atom. The lowest BCUT2D eigenvalue weighted by molar-refractivity contribution is -0.0233. The van der Waals surface area contributed by atoms with Gasteiger partial charge in [-0.25, -0.2) is 4.79 Å². The van der Waals surface area contributed by atoms with Crippen LogP contribution in [0, 0.1) is 0 Å². The summed E-state index contributed by atoms with van der Waals surface area (Å²) in [4.78, 5) is 26.5. The predicted octanol–water partition coefficient (Wildman–Crippen LogP) is 5.51. The average Bonchev–Trinajstić information content (AvgIpc) is 2.83. The van der Waals surface area contributed by atoms with Gasteiger partial charge in [0, 0.05) is 30.9 Å². The van der Waals surface area contributed by atoms with Crippen LogP contribution in [0.1, 0.15) is 43.0 Å². The summed E-state index contributed by atoms with van der Waals surface area (Å²) >= 11 is 0. The molecule has 8 heteroatoms. The highest BCUT2D eigenvalue weighted by Gasteiger charge is 2.34. The highest BCUT2D eigenvalue weighted by molar-refractivity contribution is 5.68. The number of fused-ring (bicyclic) bond motifs is 1. The minimum absolute atomic E-state index is 0.196. The number of pyridine rings is 1. The van der Waals surface area contributed by atoms with E-state index >= 15 is 8.78 Å². The number of hydrogen-bond donors (Lipinski definition) is 0. The summed E-state index contributed by atoms with van der Waals surface area (Å²) in [7, 11) is 0. The van der Waals surface area contributed by atoms with Crippen molar-refractivity contribution in [2.24, 2.45) is 0 Å². The van der Waals surface area contributed by atoms with E-state index in [1.807, 2.05) is 30.3 Å². The van der Waals surface area contributed by atoms with Crippen molar-refractivity contribution in [1.29, 1.82) is 0 Å². The van der Waals surface area contributed by atoms with Crippen LogP contribution in [0.5, 0.6) is 5.75 Å². The summed E-state index contributed by atoms with van der Waals surface area (Å²) in [5, 5.41) is 0. The fourth-order valence-corrected chi connectivity index (χ4v) is 4.02. The minimum atomic E-state index is -3.29. The number of rotatable bonds is 6. The summed E-state index contributed by atoms with van der Waals surface area (Å²) in [6.07, 6.45) is 1.41. The minimum Gasteiger partial charge on any atom is -0.489 e. The van der Waals surface area contributed by atoms with E-state index in [0.29, 0.717) is 24.3 Å². The molecule has 0 radical (unpaired) electrons. The molecule has 2 heterocycles. The predicted molar refractivity (Wildman–Crippen MR) is 132 cm³/mol. The zero-order valence-electron chi connectivity index (χ0n) is 20.7. The van der Waals surface area contributed by atoms with Crippen LogP contribution in [-0.4, -0.2) is 27.7 Å². The van der Waals surface area contributed by atoms with Crippen LogP contribution < -0.4 is 10.3 Å². The van der Waals surface area contributed by atoms with Gasteiger partial charge in [0.1, 0.15) is 18.0 Å². The Morgan fingerprint density at radius 3 is 2.44 bits per heavy atom. The Kier molecular flexibility index (Phi) is 7.15. The number of halogens is 2. The molecule has 2 aromatic carbocycles. The van der Waals surface area contributed by atoms with Gasteiger partial charge in [0.25, 0.3) is 11.5 Å². The molecule has 0 fully saturated rings. The Bertz CT molecular complexity index is 1280. The first kappa shape index (κ1) is 25.4. The van der Waals surface area contributed by atoms with Gasteiger partial charge in [0.05, 0.1) is 6.54 Å². The van der Waals surface area contributed by atoms with Gasteiger partial charge in [-0.2, -0.15) is 8.78 Å². The van der Waals surface area contributed by atoms with Crippen LogP contribution in [0.25, 0.3) is 0 Å². The van der Waals surface area contributed by atoms with Gasteiger partial charge >= 0.3 is 6.09 Å². The van der Waals surface area contributed by atoms with Crippen molar-refractivity contribution in [3.05, 3.63) is 99.5 Å². The van der Waals surface area contributed by atoms with E-state index in [-0.39, 0.29) is 18.7 Å². The van der Waals surface area contributed by atoms with Crippen LogP contribution in [0.3, 0.4) is 0 Å². The molecular formula is C28H30F2N2O4. The van der Waals surface area contributed by atoms with Gasteiger partial charge in [0.2, 0.25) is 0 Å². The van der Waals surface area contributed by atoms with E-state index in [0.717, 1.165) is 15.7 Å². The summed E-state index contributed by atoms with van der Waals surface area (Å²) in [5.41, 5.74) is 1.10. The highest BCUT2D eigenvalue weighted by Crippen LogP contribution is 2.33. The molecule has 0 bridgehead atoms. The summed E-state index contributed by atoms with van der Waals surface area (Å²) in [6, 6.07) is 16.7. The maximum absolute atomic E-state index is 15.2. The lowest BCUT2D eigenvalue weighted by Gasteiger charge is -2.31. The first-order chi connectivity index (χ1) is 17.0. The van der Waals surface area contributed by atoms with Crippen molar-refractivity contribution in [1.82, 2.24) is 9.47 Å². The Balaban J connectivity index is 1.45. The van der Waals surface area contributed by atoms with Gasteiger partial charge in [-0.3, -0.25) is 4.79 Å². The topological polar surface area (TPSA) is 60.8 Å². The monoisotopic (exact) mass is 496 g/mol. The number of aromatic nitrogens is 1. The summed E-state index contributed by atoms with van der Waals surface area (Å²) in [5.74, 6) is -2.97. The summed E-state index contributed by atoms with van der Waals surface area (Å²) < 4.78 is 42.5. The molecule has 0 atom stereocenters. The fourth-order valence-electron chi connectivity index (χ4n) is 4.02. The number of benzene rings is 2. The lowest BCUT2D eigenvalue weighted by atomic mass is 9.95. The number of nitrogens with zero attached hydrogens (tertiary/aromatic N) is 2. The van der Waals surface area contributed by atoms with Crippen LogP contribution >= 0.6 is 0 Å². The van der Waals surface area contributed by atoms with Gasteiger partial charge in [-0.15, -0.1) is 0 Å². The van der Waals surface area contributed by atoms with Crippen LogP contribution in [0.2, 0.25) is 0 Å². The van der Waals surface area contributed by atoms with Gasteiger partial charge in [-0.05, 0) is 56.0 Å². The van der Waals surface area contributed by atoms with Gasteiger partial charge in [-0.1, -0.05) is 42.5 Å². The third-order valence-corrected chi connectivity index (χ3v) is 5.88. The number of alkyl halides is 2. The maximum Gasteiger partial charge on any atom is 0.410 e. The molecule has 0 N–H and O–H groups in total. The second-order valence-electron chi connectivity index (χ2n) is 9.94. The van der Waals surface area contributed by atoms with Crippen molar-refractivity contribution in [2.75, 3.05) is 6.54 Å². The fraction of sp³-hybridized carbons (Fsp3) is 0.357. The van der Waals surface area contributed by atoms with E-state index in [4.69, 9.17) is 9.47 Å². The van der Waals surface area contributed by atoms with Crippen LogP contribution in [0.4, 0.5) is 13.6 Å². The molecule has 1 amide bonds. The lowest BCUT2D eigenvalue weighted by Crippen LogP contribution is -2.40. The largest absolute Gasteiger partial charge is 0.489 e. The van der Waals surface area contributed by atoms with Crippen molar-refractivity contribution in [2.45, 2.75) is 58.4 Å². The standard InChI is InChI=1S/C28H30F2N2O4/c1-27(2,3)36-26(34)31-13-11-21-9-10-23(15-22(21)17-31)28(29,30)19-32-14-12-24(16-25(32)33)35-18-20-7-5-4-6-8-20/h4-10,12,14-16H,11,13,17-19H2,1-3H3. The molecule has 36 heavy (non-hydrogen) atoms. The SMILES string of the molecule is CC(C)(C)OC(=O)N1CCc2ccc(C(F)(F)Cn3ccc(OCc4ccccc4)cc3=O)cc2C1. The molecular weight excluding hydrogens is 466 g/mol. The molecule has 0 aliphatic carbocycles.